The highest BCUT2D eigenvalue weighted by atomic mass is 19.1. The van der Waals surface area contributed by atoms with Gasteiger partial charge in [-0.1, -0.05) is 30.3 Å². The lowest BCUT2D eigenvalue weighted by Crippen LogP contribution is -2.47. The number of rotatable bonds is 7. The smallest absolute Gasteiger partial charge is 0.243 e. The molecule has 0 radical (unpaired) electrons. The Morgan fingerprint density at radius 1 is 0.963 bits per heavy atom. The van der Waals surface area contributed by atoms with E-state index >= 15 is 0 Å². The number of Topliss-reactive ketones (excluding diaryl/α,β-unsaturated/α-hetero) is 1. The van der Waals surface area contributed by atoms with Gasteiger partial charge < -0.3 is 10.6 Å². The maximum absolute atomic E-state index is 13.2. The van der Waals surface area contributed by atoms with Crippen molar-refractivity contribution in [2.45, 2.75) is 32.4 Å². The SMILES string of the molecule is CC(=O)C(NC(=O)[C@H](C)NC(=O)Cc1cc(F)cc(F)c1)c1ccccc1. The van der Waals surface area contributed by atoms with Crippen molar-refractivity contribution in [3.05, 3.63) is 71.3 Å². The van der Waals surface area contributed by atoms with Crippen molar-refractivity contribution in [3.8, 4) is 0 Å². The number of benzene rings is 2. The van der Waals surface area contributed by atoms with Crippen LogP contribution in [0.3, 0.4) is 0 Å². The summed E-state index contributed by atoms with van der Waals surface area (Å²) in [6.07, 6.45) is -0.277. The molecule has 0 fully saturated rings. The Balaban J connectivity index is 1.97. The molecule has 2 atom stereocenters. The second-order valence-electron chi connectivity index (χ2n) is 6.21. The minimum absolute atomic E-state index is 0.156. The number of carbonyl (C=O) groups excluding carboxylic acids is 3. The molecule has 2 aromatic carbocycles. The molecule has 0 aromatic heterocycles. The fraction of sp³-hybridized carbons (Fsp3) is 0.250. The first kappa shape index (κ1) is 20.2. The standard InChI is InChI=1S/C20H20F2N2O3/c1-12(23-18(26)10-14-8-16(21)11-17(22)9-14)20(27)24-19(13(2)25)15-6-4-3-5-7-15/h3-9,11-12,19H,10H2,1-2H3,(H,23,26)(H,24,27)/t12-,19?/m0/s1. The van der Waals surface area contributed by atoms with Crippen LogP contribution in [0.15, 0.2) is 48.5 Å². The Hall–Kier alpha value is -3.09. The van der Waals surface area contributed by atoms with Crippen LogP contribution in [-0.4, -0.2) is 23.6 Å². The summed E-state index contributed by atoms with van der Waals surface area (Å²) in [6, 6.07) is 9.79. The van der Waals surface area contributed by atoms with Gasteiger partial charge in [-0.15, -0.1) is 0 Å². The molecule has 0 aliphatic heterocycles. The van der Waals surface area contributed by atoms with Gasteiger partial charge >= 0.3 is 0 Å². The predicted octanol–water partition coefficient (Wildman–Crippen LogP) is 2.46. The van der Waals surface area contributed by atoms with Gasteiger partial charge in [0.2, 0.25) is 11.8 Å². The fourth-order valence-electron chi connectivity index (χ4n) is 2.59. The summed E-state index contributed by atoms with van der Waals surface area (Å²) < 4.78 is 26.4. The second kappa shape index (κ2) is 9.02. The molecular weight excluding hydrogens is 354 g/mol. The third-order valence-corrected chi connectivity index (χ3v) is 3.88. The lowest BCUT2D eigenvalue weighted by molar-refractivity contribution is -0.130. The summed E-state index contributed by atoms with van der Waals surface area (Å²) in [6.45, 7) is 2.82. The third kappa shape index (κ3) is 5.99. The number of amides is 2. The first-order valence-corrected chi connectivity index (χ1v) is 8.36. The van der Waals surface area contributed by atoms with Crippen molar-refractivity contribution in [2.24, 2.45) is 0 Å². The average molecular weight is 374 g/mol. The Bertz CT molecular complexity index is 820. The van der Waals surface area contributed by atoms with Crippen LogP contribution in [0.1, 0.15) is 31.0 Å². The monoisotopic (exact) mass is 374 g/mol. The first-order valence-electron chi connectivity index (χ1n) is 8.36. The number of ketones is 1. The van der Waals surface area contributed by atoms with E-state index in [1.165, 1.54) is 13.8 Å². The lowest BCUT2D eigenvalue weighted by atomic mass is 10.0. The molecule has 2 aromatic rings. The Morgan fingerprint density at radius 3 is 2.11 bits per heavy atom. The molecule has 142 valence electrons. The molecule has 0 aliphatic rings. The van der Waals surface area contributed by atoms with Crippen molar-refractivity contribution in [3.63, 3.8) is 0 Å². The van der Waals surface area contributed by atoms with Gasteiger partial charge in [-0.05, 0) is 37.1 Å². The number of hydrogen-bond donors (Lipinski definition) is 2. The van der Waals surface area contributed by atoms with Crippen LogP contribution in [0.2, 0.25) is 0 Å². The number of halogens is 2. The van der Waals surface area contributed by atoms with Gasteiger partial charge in [0, 0.05) is 6.07 Å². The Labute approximate surface area is 155 Å². The van der Waals surface area contributed by atoms with E-state index in [0.717, 1.165) is 12.1 Å². The second-order valence-corrected chi connectivity index (χ2v) is 6.21. The summed E-state index contributed by atoms with van der Waals surface area (Å²) in [7, 11) is 0. The first-order chi connectivity index (χ1) is 12.8. The molecule has 0 aliphatic carbocycles. The van der Waals surface area contributed by atoms with Crippen molar-refractivity contribution in [1.82, 2.24) is 10.6 Å². The average Bonchev–Trinajstić information content (AvgIpc) is 2.58. The summed E-state index contributed by atoms with van der Waals surface area (Å²) >= 11 is 0. The molecule has 0 spiro atoms. The number of nitrogens with one attached hydrogen (secondary N) is 2. The minimum Gasteiger partial charge on any atom is -0.344 e. The van der Waals surface area contributed by atoms with E-state index in [0.29, 0.717) is 11.6 Å². The van der Waals surface area contributed by atoms with Gasteiger partial charge in [0.15, 0.2) is 5.78 Å². The van der Waals surface area contributed by atoms with E-state index < -0.39 is 35.5 Å². The van der Waals surface area contributed by atoms with Gasteiger partial charge in [-0.2, -0.15) is 0 Å². The molecule has 2 N–H and O–H groups in total. The van der Waals surface area contributed by atoms with Crippen LogP contribution in [0.25, 0.3) is 0 Å². The van der Waals surface area contributed by atoms with Gasteiger partial charge in [0.25, 0.3) is 0 Å². The van der Waals surface area contributed by atoms with Gasteiger partial charge in [-0.3, -0.25) is 14.4 Å². The van der Waals surface area contributed by atoms with Crippen LogP contribution >= 0.6 is 0 Å². The molecule has 27 heavy (non-hydrogen) atoms. The quantitative estimate of drug-likeness (QED) is 0.782. The van der Waals surface area contributed by atoms with Crippen molar-refractivity contribution >= 4 is 17.6 Å². The van der Waals surface area contributed by atoms with E-state index in [1.807, 2.05) is 0 Å². The zero-order chi connectivity index (χ0) is 20.0. The topological polar surface area (TPSA) is 75.3 Å². The largest absolute Gasteiger partial charge is 0.344 e. The van der Waals surface area contributed by atoms with Crippen LogP contribution < -0.4 is 10.6 Å². The summed E-state index contributed by atoms with van der Waals surface area (Å²) in [5, 5.41) is 5.05. The molecule has 1 unspecified atom stereocenters. The highest BCUT2D eigenvalue weighted by Crippen LogP contribution is 2.14. The molecule has 5 nitrogen and oxygen atoms in total. The summed E-state index contributed by atoms with van der Waals surface area (Å²) in [5.74, 6) is -2.92. The van der Waals surface area contributed by atoms with Crippen LogP contribution in [0.5, 0.6) is 0 Å². The molecule has 0 saturated heterocycles. The lowest BCUT2D eigenvalue weighted by Gasteiger charge is -2.20. The maximum atomic E-state index is 13.2. The van der Waals surface area contributed by atoms with Crippen molar-refractivity contribution in [1.29, 1.82) is 0 Å². The van der Waals surface area contributed by atoms with Gasteiger partial charge in [0.1, 0.15) is 23.7 Å². The zero-order valence-electron chi connectivity index (χ0n) is 15.0. The molecular formula is C20H20F2N2O3. The van der Waals surface area contributed by atoms with E-state index in [4.69, 9.17) is 0 Å². The number of carbonyl (C=O) groups is 3. The predicted molar refractivity (Wildman–Crippen MR) is 95.7 cm³/mol. The normalized spacial score (nSPS) is 12.7. The Morgan fingerprint density at radius 2 is 1.56 bits per heavy atom. The molecule has 2 rings (SSSR count). The summed E-state index contributed by atoms with van der Waals surface area (Å²) in [5.41, 5.74) is 0.788. The molecule has 2 amide bonds. The van der Waals surface area contributed by atoms with Crippen LogP contribution in [0, 0.1) is 11.6 Å². The third-order valence-electron chi connectivity index (χ3n) is 3.88. The molecule has 0 saturated carbocycles. The summed E-state index contributed by atoms with van der Waals surface area (Å²) in [4.78, 5) is 36.2. The highest BCUT2D eigenvalue weighted by molar-refractivity contribution is 5.92. The maximum Gasteiger partial charge on any atom is 0.243 e. The zero-order valence-corrected chi connectivity index (χ0v) is 15.0. The van der Waals surface area contributed by atoms with E-state index in [1.54, 1.807) is 30.3 Å². The number of hydrogen-bond acceptors (Lipinski definition) is 3. The minimum atomic E-state index is -0.929. The van der Waals surface area contributed by atoms with Crippen molar-refractivity contribution < 1.29 is 23.2 Å². The molecule has 7 heteroatoms. The molecule has 0 heterocycles. The van der Waals surface area contributed by atoms with E-state index in [2.05, 4.69) is 10.6 Å². The van der Waals surface area contributed by atoms with Crippen LogP contribution in [0.4, 0.5) is 8.78 Å². The van der Waals surface area contributed by atoms with Crippen molar-refractivity contribution in [2.75, 3.05) is 0 Å². The Kier molecular flexibility index (Phi) is 6.76. The van der Waals surface area contributed by atoms with Gasteiger partial charge in [0.05, 0.1) is 6.42 Å². The van der Waals surface area contributed by atoms with Gasteiger partial charge in [-0.25, -0.2) is 8.78 Å². The van der Waals surface area contributed by atoms with E-state index in [-0.39, 0.29) is 17.8 Å². The van der Waals surface area contributed by atoms with E-state index in [9.17, 15) is 23.2 Å². The fourth-order valence-corrected chi connectivity index (χ4v) is 2.59. The molecule has 0 bridgehead atoms. The highest BCUT2D eigenvalue weighted by Gasteiger charge is 2.23. The van der Waals surface area contributed by atoms with Crippen LogP contribution in [-0.2, 0) is 20.8 Å².